The van der Waals surface area contributed by atoms with E-state index < -0.39 is 9.84 Å². The van der Waals surface area contributed by atoms with Gasteiger partial charge in [-0.05, 0) is 61.0 Å². The molecule has 0 aliphatic carbocycles. The number of nitrogens with one attached hydrogen (secondary N) is 2. The quantitative estimate of drug-likeness (QED) is 0.678. The zero-order chi connectivity index (χ0) is 20.5. The number of aromatic amines is 1. The van der Waals surface area contributed by atoms with Crippen LogP contribution in [-0.4, -0.2) is 25.7 Å². The molecule has 1 heterocycles. The van der Waals surface area contributed by atoms with Gasteiger partial charge in [-0.2, -0.15) is 0 Å². The summed E-state index contributed by atoms with van der Waals surface area (Å²) in [5, 5.41) is 5.74. The van der Waals surface area contributed by atoms with Gasteiger partial charge < -0.3 is 10.3 Å². The highest BCUT2D eigenvalue weighted by Crippen LogP contribution is 2.26. The van der Waals surface area contributed by atoms with Crippen molar-refractivity contribution < 1.29 is 8.42 Å². The summed E-state index contributed by atoms with van der Waals surface area (Å²) >= 11 is 0. The second-order valence-corrected chi connectivity index (χ2v) is 9.10. The first-order chi connectivity index (χ1) is 13.1. The fourth-order valence-electron chi connectivity index (χ4n) is 3.06. The van der Waals surface area contributed by atoms with E-state index in [4.69, 9.17) is 0 Å². The molecule has 0 unspecified atom stereocenters. The van der Waals surface area contributed by atoms with Crippen molar-refractivity contribution in [3.05, 3.63) is 75.4 Å². The van der Waals surface area contributed by atoms with Crippen molar-refractivity contribution in [3.63, 3.8) is 0 Å². The van der Waals surface area contributed by atoms with Crippen LogP contribution in [0.4, 0.5) is 5.69 Å². The van der Waals surface area contributed by atoms with E-state index in [1.165, 1.54) is 11.1 Å². The molecule has 1 aromatic heterocycles. The standard InChI is InChI=1S/C22H24N2O3S/c1-14-8-9-17(12-15(14)2)20-13-18-6-5-7-19(21(18)22(25)24-20)23-16(3)10-11-28(4,26)27/h5-13,16,23H,1-4H3,(H,24,25)/b11-10+/t16-/m0/s1. The molecule has 28 heavy (non-hydrogen) atoms. The van der Waals surface area contributed by atoms with Crippen LogP contribution < -0.4 is 10.9 Å². The molecule has 146 valence electrons. The van der Waals surface area contributed by atoms with Crippen molar-refractivity contribution in [1.82, 2.24) is 4.98 Å². The number of hydrogen-bond acceptors (Lipinski definition) is 4. The zero-order valence-electron chi connectivity index (χ0n) is 16.4. The SMILES string of the molecule is Cc1ccc(-c2cc3cccc(N[C@@H](C)/C=C/S(C)(=O)=O)c3c(=O)[nH]2)cc1C. The number of rotatable bonds is 5. The van der Waals surface area contributed by atoms with Crippen LogP contribution in [0.1, 0.15) is 18.1 Å². The van der Waals surface area contributed by atoms with Gasteiger partial charge in [0.05, 0.1) is 5.39 Å². The predicted molar refractivity (Wildman–Crippen MR) is 117 cm³/mol. The van der Waals surface area contributed by atoms with Gasteiger partial charge in [0, 0.05) is 29.1 Å². The largest absolute Gasteiger partial charge is 0.378 e. The van der Waals surface area contributed by atoms with E-state index in [0.29, 0.717) is 11.1 Å². The third-order valence-electron chi connectivity index (χ3n) is 4.69. The average Bonchev–Trinajstić information content (AvgIpc) is 2.61. The number of sulfone groups is 1. The van der Waals surface area contributed by atoms with Gasteiger partial charge in [0.1, 0.15) is 0 Å². The molecule has 2 N–H and O–H groups in total. The second kappa shape index (κ2) is 7.64. The van der Waals surface area contributed by atoms with Gasteiger partial charge in [0.2, 0.25) is 0 Å². The molecule has 0 saturated carbocycles. The number of anilines is 1. The van der Waals surface area contributed by atoms with Crippen LogP contribution in [0.15, 0.2) is 58.7 Å². The Morgan fingerprint density at radius 2 is 1.82 bits per heavy atom. The number of fused-ring (bicyclic) bond motifs is 1. The van der Waals surface area contributed by atoms with Crippen molar-refractivity contribution in [3.8, 4) is 11.3 Å². The Hall–Kier alpha value is -2.86. The van der Waals surface area contributed by atoms with E-state index in [1.54, 1.807) is 6.08 Å². The van der Waals surface area contributed by atoms with Crippen LogP contribution in [-0.2, 0) is 9.84 Å². The summed E-state index contributed by atoms with van der Waals surface area (Å²) in [6.07, 6.45) is 2.71. The Bertz CT molecular complexity index is 1220. The Morgan fingerprint density at radius 3 is 2.50 bits per heavy atom. The van der Waals surface area contributed by atoms with E-state index >= 15 is 0 Å². The Kier molecular flexibility index (Phi) is 5.42. The summed E-state index contributed by atoms with van der Waals surface area (Å²) in [5.74, 6) is 0. The minimum Gasteiger partial charge on any atom is -0.378 e. The first-order valence-corrected chi connectivity index (χ1v) is 11.0. The minimum atomic E-state index is -3.19. The minimum absolute atomic E-state index is 0.187. The van der Waals surface area contributed by atoms with Crippen LogP contribution in [0.2, 0.25) is 0 Å². The first kappa shape index (κ1) is 19.9. The highest BCUT2D eigenvalue weighted by Gasteiger charge is 2.10. The molecule has 0 radical (unpaired) electrons. The lowest BCUT2D eigenvalue weighted by molar-refractivity contribution is 0.610. The molecular formula is C22H24N2O3S. The fourth-order valence-corrected chi connectivity index (χ4v) is 3.58. The molecule has 0 amide bonds. The summed E-state index contributed by atoms with van der Waals surface area (Å²) in [6, 6.07) is 13.4. The lowest BCUT2D eigenvalue weighted by Crippen LogP contribution is -2.16. The number of hydrogen-bond donors (Lipinski definition) is 2. The van der Waals surface area contributed by atoms with E-state index in [0.717, 1.165) is 28.3 Å². The van der Waals surface area contributed by atoms with Gasteiger partial charge in [-0.1, -0.05) is 30.3 Å². The maximum absolute atomic E-state index is 12.8. The van der Waals surface area contributed by atoms with Gasteiger partial charge >= 0.3 is 0 Å². The van der Waals surface area contributed by atoms with Gasteiger partial charge in [0.25, 0.3) is 5.56 Å². The normalized spacial score (nSPS) is 13.1. The maximum Gasteiger partial charge on any atom is 0.258 e. The molecule has 0 fully saturated rings. The molecule has 3 aromatic rings. The topological polar surface area (TPSA) is 79.0 Å². The summed E-state index contributed by atoms with van der Waals surface area (Å²) < 4.78 is 22.6. The average molecular weight is 397 g/mol. The van der Waals surface area contributed by atoms with E-state index in [2.05, 4.69) is 23.3 Å². The Morgan fingerprint density at radius 1 is 1.07 bits per heavy atom. The predicted octanol–water partition coefficient (Wildman–Crippen LogP) is 4.17. The summed E-state index contributed by atoms with van der Waals surface area (Å²) in [7, 11) is -3.19. The summed E-state index contributed by atoms with van der Waals surface area (Å²) in [5.41, 5.74) is 4.58. The van der Waals surface area contributed by atoms with Crippen LogP contribution in [0.5, 0.6) is 0 Å². The zero-order valence-corrected chi connectivity index (χ0v) is 17.2. The lowest BCUT2D eigenvalue weighted by Gasteiger charge is -2.14. The Labute approximate surface area is 165 Å². The Balaban J connectivity index is 2.02. The third-order valence-corrected chi connectivity index (χ3v) is 5.34. The molecule has 5 nitrogen and oxygen atoms in total. The summed E-state index contributed by atoms with van der Waals surface area (Å²) in [6.45, 7) is 5.93. The second-order valence-electron chi connectivity index (χ2n) is 7.17. The number of pyridine rings is 1. The number of aromatic nitrogens is 1. The molecule has 0 aliphatic heterocycles. The third kappa shape index (κ3) is 4.51. The maximum atomic E-state index is 12.8. The van der Waals surface area contributed by atoms with Crippen molar-refractivity contribution in [2.24, 2.45) is 0 Å². The molecule has 1 atom stereocenters. The molecule has 6 heteroatoms. The van der Waals surface area contributed by atoms with Gasteiger partial charge in [0.15, 0.2) is 9.84 Å². The lowest BCUT2D eigenvalue weighted by atomic mass is 10.0. The van der Waals surface area contributed by atoms with Gasteiger partial charge in [-0.25, -0.2) is 8.42 Å². The molecule has 0 saturated heterocycles. The van der Waals surface area contributed by atoms with Crippen molar-refractivity contribution in [2.75, 3.05) is 11.6 Å². The molecule has 0 spiro atoms. The smallest absolute Gasteiger partial charge is 0.258 e. The van der Waals surface area contributed by atoms with Crippen molar-refractivity contribution in [1.29, 1.82) is 0 Å². The number of aryl methyl sites for hydroxylation is 2. The highest BCUT2D eigenvalue weighted by atomic mass is 32.2. The van der Waals surface area contributed by atoms with Crippen LogP contribution >= 0.6 is 0 Å². The number of benzene rings is 2. The van der Waals surface area contributed by atoms with Crippen LogP contribution in [0, 0.1) is 13.8 Å². The molecule has 2 aromatic carbocycles. The molecule has 3 rings (SSSR count). The van der Waals surface area contributed by atoms with E-state index in [-0.39, 0.29) is 11.6 Å². The van der Waals surface area contributed by atoms with E-state index in [1.807, 2.05) is 50.2 Å². The van der Waals surface area contributed by atoms with Crippen molar-refractivity contribution in [2.45, 2.75) is 26.8 Å². The van der Waals surface area contributed by atoms with Gasteiger partial charge in [-0.15, -0.1) is 0 Å². The molecular weight excluding hydrogens is 372 g/mol. The monoisotopic (exact) mass is 396 g/mol. The molecule has 0 aliphatic rings. The van der Waals surface area contributed by atoms with Gasteiger partial charge in [-0.3, -0.25) is 4.79 Å². The van der Waals surface area contributed by atoms with Crippen molar-refractivity contribution >= 4 is 26.3 Å². The van der Waals surface area contributed by atoms with Crippen LogP contribution in [0.3, 0.4) is 0 Å². The summed E-state index contributed by atoms with van der Waals surface area (Å²) in [4.78, 5) is 15.8. The van der Waals surface area contributed by atoms with E-state index in [9.17, 15) is 13.2 Å². The number of H-pyrrole nitrogens is 1. The highest BCUT2D eigenvalue weighted by molar-refractivity contribution is 7.93. The molecule has 0 bridgehead atoms. The first-order valence-electron chi connectivity index (χ1n) is 9.02. The van der Waals surface area contributed by atoms with Crippen LogP contribution in [0.25, 0.3) is 22.0 Å². The fraction of sp³-hybridized carbons (Fsp3) is 0.227.